The first-order valence-corrected chi connectivity index (χ1v) is 7.61. The van der Waals surface area contributed by atoms with Gasteiger partial charge in [-0.05, 0) is 31.0 Å². The zero-order valence-electron chi connectivity index (χ0n) is 13.1. The normalized spacial score (nSPS) is 16.0. The van der Waals surface area contributed by atoms with Crippen molar-refractivity contribution in [1.29, 1.82) is 0 Å². The van der Waals surface area contributed by atoms with Crippen molar-refractivity contribution < 1.29 is 19.1 Å². The Morgan fingerprint density at radius 2 is 2.12 bits per heavy atom. The summed E-state index contributed by atoms with van der Waals surface area (Å²) < 4.78 is 5.31. The molecule has 3 amide bonds. The Bertz CT molecular complexity index is 660. The summed E-state index contributed by atoms with van der Waals surface area (Å²) in [5.74, 6) is 1.26. The predicted molar refractivity (Wildman–Crippen MR) is 88.2 cm³/mol. The molecule has 0 spiro atoms. The van der Waals surface area contributed by atoms with Crippen LogP contribution in [0.25, 0.3) is 0 Å². The molecule has 2 rings (SSSR count). The second kappa shape index (κ2) is 8.70. The van der Waals surface area contributed by atoms with Crippen LogP contribution in [0.1, 0.15) is 23.2 Å². The number of ether oxygens (including phenoxy) is 1. The molecule has 1 aliphatic rings. The summed E-state index contributed by atoms with van der Waals surface area (Å²) >= 11 is 0. The van der Waals surface area contributed by atoms with Crippen molar-refractivity contribution in [3.63, 3.8) is 0 Å². The van der Waals surface area contributed by atoms with E-state index in [0.29, 0.717) is 24.3 Å². The van der Waals surface area contributed by atoms with Crippen molar-refractivity contribution in [2.24, 2.45) is 0 Å². The summed E-state index contributed by atoms with van der Waals surface area (Å²) in [6.45, 7) is 0.523. The summed E-state index contributed by atoms with van der Waals surface area (Å²) in [5.41, 5.74) is 0.838. The SMILES string of the molecule is C#CCNC(=O)CNC(=O)c1cccc(NC(=O)[C@@H]2CCCO2)c1. The number of terminal acetylenes is 1. The number of amides is 3. The van der Waals surface area contributed by atoms with Crippen LogP contribution in [-0.4, -0.2) is 43.5 Å². The van der Waals surface area contributed by atoms with Crippen molar-refractivity contribution in [2.45, 2.75) is 18.9 Å². The van der Waals surface area contributed by atoms with Gasteiger partial charge in [-0.15, -0.1) is 6.42 Å². The Kier molecular flexibility index (Phi) is 6.34. The van der Waals surface area contributed by atoms with Crippen molar-refractivity contribution in [3.8, 4) is 12.3 Å². The quantitative estimate of drug-likeness (QED) is 0.653. The molecule has 1 aromatic carbocycles. The molecule has 3 N–H and O–H groups in total. The fourth-order valence-corrected chi connectivity index (χ4v) is 2.22. The van der Waals surface area contributed by atoms with Crippen molar-refractivity contribution in [3.05, 3.63) is 29.8 Å². The summed E-state index contributed by atoms with van der Waals surface area (Å²) in [5, 5.41) is 7.66. The minimum atomic E-state index is -0.442. The third-order valence-corrected chi connectivity index (χ3v) is 3.41. The minimum absolute atomic E-state index is 0.111. The van der Waals surface area contributed by atoms with E-state index in [-0.39, 0.29) is 24.9 Å². The summed E-state index contributed by atoms with van der Waals surface area (Å²) in [7, 11) is 0. The molecule has 0 bridgehead atoms. The molecule has 0 aliphatic carbocycles. The van der Waals surface area contributed by atoms with E-state index in [1.807, 2.05) is 0 Å². The molecule has 1 aromatic rings. The van der Waals surface area contributed by atoms with Gasteiger partial charge in [0.15, 0.2) is 0 Å². The fourth-order valence-electron chi connectivity index (χ4n) is 2.22. The Labute approximate surface area is 140 Å². The first-order chi connectivity index (χ1) is 11.6. The average molecular weight is 329 g/mol. The zero-order valence-corrected chi connectivity index (χ0v) is 13.1. The van der Waals surface area contributed by atoms with Gasteiger partial charge in [-0.1, -0.05) is 12.0 Å². The summed E-state index contributed by atoms with van der Waals surface area (Å²) in [4.78, 5) is 35.5. The molecule has 24 heavy (non-hydrogen) atoms. The van der Waals surface area contributed by atoms with Gasteiger partial charge in [0, 0.05) is 17.9 Å². The van der Waals surface area contributed by atoms with E-state index in [4.69, 9.17) is 11.2 Å². The van der Waals surface area contributed by atoms with E-state index in [0.717, 1.165) is 6.42 Å². The third-order valence-electron chi connectivity index (χ3n) is 3.41. The van der Waals surface area contributed by atoms with Gasteiger partial charge < -0.3 is 20.7 Å². The second-order valence-electron chi connectivity index (χ2n) is 5.24. The standard InChI is InChI=1S/C17H19N3O4/c1-2-8-18-15(21)11-19-16(22)12-5-3-6-13(10-12)20-17(23)14-7-4-9-24-14/h1,3,5-6,10,14H,4,7-9,11H2,(H,18,21)(H,19,22)(H,20,23)/t14-/m0/s1. The van der Waals surface area contributed by atoms with Crippen molar-refractivity contribution in [2.75, 3.05) is 25.0 Å². The highest BCUT2D eigenvalue weighted by molar-refractivity contribution is 5.99. The van der Waals surface area contributed by atoms with Crippen molar-refractivity contribution in [1.82, 2.24) is 10.6 Å². The lowest BCUT2D eigenvalue weighted by molar-refractivity contribution is -0.124. The van der Waals surface area contributed by atoms with E-state index >= 15 is 0 Å². The van der Waals surface area contributed by atoms with E-state index in [2.05, 4.69) is 21.9 Å². The van der Waals surface area contributed by atoms with Gasteiger partial charge in [-0.2, -0.15) is 0 Å². The molecule has 126 valence electrons. The van der Waals surface area contributed by atoms with E-state index in [1.165, 1.54) is 0 Å². The largest absolute Gasteiger partial charge is 0.368 e. The molecule has 1 heterocycles. The van der Waals surface area contributed by atoms with Crippen LogP contribution in [0.4, 0.5) is 5.69 Å². The molecule has 7 nitrogen and oxygen atoms in total. The second-order valence-corrected chi connectivity index (χ2v) is 5.24. The van der Waals surface area contributed by atoms with Crippen LogP contribution in [0.15, 0.2) is 24.3 Å². The lowest BCUT2D eigenvalue weighted by Gasteiger charge is -2.11. The summed E-state index contributed by atoms with van der Waals surface area (Å²) in [6, 6.07) is 6.47. The lowest BCUT2D eigenvalue weighted by atomic mass is 10.1. The first kappa shape index (κ1) is 17.5. The van der Waals surface area contributed by atoms with E-state index < -0.39 is 12.0 Å². The number of rotatable bonds is 6. The monoisotopic (exact) mass is 329 g/mol. The van der Waals surface area contributed by atoms with Crippen LogP contribution in [0.3, 0.4) is 0 Å². The molecular formula is C17H19N3O4. The van der Waals surface area contributed by atoms with Crippen molar-refractivity contribution >= 4 is 23.4 Å². The number of carbonyl (C=O) groups excluding carboxylic acids is 3. The topological polar surface area (TPSA) is 96.5 Å². The van der Waals surface area contributed by atoms with Gasteiger partial charge >= 0.3 is 0 Å². The van der Waals surface area contributed by atoms with Gasteiger partial charge in [0.2, 0.25) is 5.91 Å². The molecular weight excluding hydrogens is 310 g/mol. The fraction of sp³-hybridized carbons (Fsp3) is 0.353. The van der Waals surface area contributed by atoms with E-state index in [9.17, 15) is 14.4 Å². The molecule has 0 radical (unpaired) electrons. The van der Waals surface area contributed by atoms with E-state index in [1.54, 1.807) is 24.3 Å². The molecule has 0 unspecified atom stereocenters. The van der Waals surface area contributed by atoms with Crippen LogP contribution < -0.4 is 16.0 Å². The molecule has 1 saturated heterocycles. The number of hydrogen-bond acceptors (Lipinski definition) is 4. The molecule has 0 saturated carbocycles. The highest BCUT2D eigenvalue weighted by Crippen LogP contribution is 2.16. The van der Waals surface area contributed by atoms with Crippen LogP contribution in [0, 0.1) is 12.3 Å². The maximum Gasteiger partial charge on any atom is 0.253 e. The average Bonchev–Trinajstić information content (AvgIpc) is 3.12. The third kappa shape index (κ3) is 5.11. The highest BCUT2D eigenvalue weighted by atomic mass is 16.5. The lowest BCUT2D eigenvalue weighted by Crippen LogP contribution is -2.37. The smallest absolute Gasteiger partial charge is 0.253 e. The summed E-state index contributed by atoms with van der Waals surface area (Å²) in [6.07, 6.45) is 6.14. The molecule has 1 aliphatic heterocycles. The minimum Gasteiger partial charge on any atom is -0.368 e. The number of benzene rings is 1. The van der Waals surface area contributed by atoms with Crippen LogP contribution in [-0.2, 0) is 14.3 Å². The number of hydrogen-bond donors (Lipinski definition) is 3. The maximum atomic E-state index is 12.0. The first-order valence-electron chi connectivity index (χ1n) is 7.61. The van der Waals surface area contributed by atoms with Gasteiger partial charge in [-0.25, -0.2) is 0 Å². The molecule has 0 aromatic heterocycles. The number of nitrogens with one attached hydrogen (secondary N) is 3. The molecule has 1 atom stereocenters. The maximum absolute atomic E-state index is 12.0. The van der Waals surface area contributed by atoms with Crippen LogP contribution in [0.2, 0.25) is 0 Å². The zero-order chi connectivity index (χ0) is 17.4. The Hall–Kier alpha value is -2.85. The Morgan fingerprint density at radius 1 is 1.29 bits per heavy atom. The number of anilines is 1. The molecule has 7 heteroatoms. The van der Waals surface area contributed by atoms with Crippen LogP contribution in [0.5, 0.6) is 0 Å². The highest BCUT2D eigenvalue weighted by Gasteiger charge is 2.23. The number of carbonyl (C=O) groups is 3. The van der Waals surface area contributed by atoms with Gasteiger partial charge in [-0.3, -0.25) is 14.4 Å². The molecule has 1 fully saturated rings. The Morgan fingerprint density at radius 3 is 2.83 bits per heavy atom. The van der Waals surface area contributed by atoms with Crippen LogP contribution >= 0.6 is 0 Å². The van der Waals surface area contributed by atoms with Gasteiger partial charge in [0.05, 0.1) is 13.1 Å². The predicted octanol–water partition coefficient (Wildman–Crippen LogP) is 0.283. The Balaban J connectivity index is 1.89. The van der Waals surface area contributed by atoms with Gasteiger partial charge in [0.1, 0.15) is 6.10 Å². The van der Waals surface area contributed by atoms with Gasteiger partial charge in [0.25, 0.3) is 11.8 Å².